The third kappa shape index (κ3) is 5.60. The van der Waals surface area contributed by atoms with E-state index in [2.05, 4.69) is 4.90 Å². The zero-order valence-corrected chi connectivity index (χ0v) is 20.1. The summed E-state index contributed by atoms with van der Waals surface area (Å²) in [5.41, 5.74) is 0.787. The van der Waals surface area contributed by atoms with Crippen LogP contribution >= 0.6 is 0 Å². The molecular formula is C25H29FN4O5. The van der Waals surface area contributed by atoms with Gasteiger partial charge in [-0.3, -0.25) is 19.1 Å². The van der Waals surface area contributed by atoms with Crippen molar-refractivity contribution in [2.75, 3.05) is 47.6 Å². The number of nitrogens with zero attached hydrogens (tertiary/aromatic N) is 4. The quantitative estimate of drug-likeness (QED) is 0.484. The van der Waals surface area contributed by atoms with Crippen molar-refractivity contribution in [3.05, 3.63) is 64.0 Å². The molecule has 0 unspecified atom stereocenters. The lowest BCUT2D eigenvalue weighted by molar-refractivity contribution is -0.131. The molecule has 0 N–H and O–H groups in total. The van der Waals surface area contributed by atoms with E-state index in [9.17, 15) is 14.0 Å². The van der Waals surface area contributed by atoms with Gasteiger partial charge in [0.15, 0.2) is 11.5 Å². The summed E-state index contributed by atoms with van der Waals surface area (Å²) in [6, 6.07) is 9.34. The fourth-order valence-electron chi connectivity index (χ4n) is 4.09. The van der Waals surface area contributed by atoms with E-state index < -0.39 is 0 Å². The van der Waals surface area contributed by atoms with Gasteiger partial charge in [-0.2, -0.15) is 0 Å². The summed E-state index contributed by atoms with van der Waals surface area (Å²) in [5, 5.41) is 0.328. The molecule has 1 fully saturated rings. The number of aromatic nitrogens is 2. The highest BCUT2D eigenvalue weighted by Gasteiger charge is 2.21. The van der Waals surface area contributed by atoms with Gasteiger partial charge in [0, 0.05) is 32.7 Å². The maximum atomic E-state index is 13.6. The van der Waals surface area contributed by atoms with Crippen molar-refractivity contribution in [2.24, 2.45) is 0 Å². The van der Waals surface area contributed by atoms with Crippen LogP contribution in [0.3, 0.4) is 0 Å². The van der Waals surface area contributed by atoms with E-state index in [1.165, 1.54) is 35.8 Å². The lowest BCUT2D eigenvalue weighted by Gasteiger charge is -2.27. The molecule has 2 heterocycles. The van der Waals surface area contributed by atoms with Crippen LogP contribution in [0.4, 0.5) is 4.39 Å². The Balaban J connectivity index is 1.70. The largest absolute Gasteiger partial charge is 0.493 e. The minimum Gasteiger partial charge on any atom is -0.493 e. The van der Waals surface area contributed by atoms with Crippen molar-refractivity contribution in [1.29, 1.82) is 0 Å². The zero-order chi connectivity index (χ0) is 24.9. The van der Waals surface area contributed by atoms with E-state index in [0.29, 0.717) is 66.6 Å². The standard InChI is InChI=1S/C25H29FN4O5/c1-28(14-17-5-4-6-18(26)11-17)24(31)16-30-23(15-29-7-9-35-10-8-29)27-20-13-22(34-3)21(33-2)12-19(20)25(30)32/h4-6,11-13H,7-10,14-16H2,1-3H3. The fraction of sp³-hybridized carbons (Fsp3) is 0.400. The number of likely N-dealkylation sites (N-methyl/N-ethyl adjacent to an activating group) is 1. The van der Waals surface area contributed by atoms with Crippen LogP contribution in [0.2, 0.25) is 0 Å². The molecule has 0 atom stereocenters. The third-order valence-electron chi connectivity index (χ3n) is 6.04. The predicted molar refractivity (Wildman–Crippen MR) is 128 cm³/mol. The van der Waals surface area contributed by atoms with Gasteiger partial charge in [-0.15, -0.1) is 0 Å². The Morgan fingerprint density at radius 1 is 1.14 bits per heavy atom. The second-order valence-electron chi connectivity index (χ2n) is 8.41. The van der Waals surface area contributed by atoms with Gasteiger partial charge in [0.1, 0.15) is 18.2 Å². The first-order chi connectivity index (χ1) is 16.9. The Hall–Kier alpha value is -3.50. The van der Waals surface area contributed by atoms with Crippen molar-refractivity contribution in [1.82, 2.24) is 19.4 Å². The minimum absolute atomic E-state index is 0.193. The highest BCUT2D eigenvalue weighted by atomic mass is 19.1. The van der Waals surface area contributed by atoms with E-state index in [-0.39, 0.29) is 30.4 Å². The lowest BCUT2D eigenvalue weighted by Crippen LogP contribution is -2.40. The number of amides is 1. The van der Waals surface area contributed by atoms with Crippen molar-refractivity contribution in [3.8, 4) is 11.5 Å². The Morgan fingerprint density at radius 2 is 1.86 bits per heavy atom. The predicted octanol–water partition coefficient (Wildman–Crippen LogP) is 2.04. The van der Waals surface area contributed by atoms with E-state index in [4.69, 9.17) is 19.2 Å². The number of morpholine rings is 1. The van der Waals surface area contributed by atoms with Crippen LogP contribution in [0.5, 0.6) is 11.5 Å². The summed E-state index contributed by atoms with van der Waals surface area (Å²) in [7, 11) is 4.64. The number of halogens is 1. The Bertz CT molecular complexity index is 1270. The highest BCUT2D eigenvalue weighted by molar-refractivity contribution is 5.82. The van der Waals surface area contributed by atoms with Crippen LogP contribution in [0.15, 0.2) is 41.2 Å². The number of hydrogen-bond donors (Lipinski definition) is 0. The minimum atomic E-state index is -0.365. The number of ether oxygens (including phenoxy) is 3. The molecule has 1 amide bonds. The highest BCUT2D eigenvalue weighted by Crippen LogP contribution is 2.30. The van der Waals surface area contributed by atoms with E-state index in [1.807, 2.05) is 0 Å². The van der Waals surface area contributed by atoms with Gasteiger partial charge in [0.2, 0.25) is 5.91 Å². The van der Waals surface area contributed by atoms with Gasteiger partial charge in [-0.05, 0) is 23.8 Å². The first-order valence-corrected chi connectivity index (χ1v) is 11.3. The molecule has 0 aliphatic carbocycles. The molecule has 0 radical (unpaired) electrons. The molecule has 35 heavy (non-hydrogen) atoms. The van der Waals surface area contributed by atoms with Gasteiger partial charge in [0.25, 0.3) is 5.56 Å². The van der Waals surface area contributed by atoms with Crippen LogP contribution < -0.4 is 15.0 Å². The molecule has 0 spiro atoms. The summed E-state index contributed by atoms with van der Waals surface area (Å²) < 4.78 is 31.1. The smallest absolute Gasteiger partial charge is 0.262 e. The molecule has 1 aliphatic heterocycles. The molecule has 10 heteroatoms. The number of carbonyl (C=O) groups is 1. The molecule has 0 bridgehead atoms. The number of hydrogen-bond acceptors (Lipinski definition) is 7. The monoisotopic (exact) mass is 484 g/mol. The van der Waals surface area contributed by atoms with Gasteiger partial charge in [0.05, 0.1) is 44.9 Å². The summed E-state index contributed by atoms with van der Waals surface area (Å²) in [6.07, 6.45) is 0. The van der Waals surface area contributed by atoms with Crippen LogP contribution in [0, 0.1) is 5.82 Å². The topological polar surface area (TPSA) is 86.1 Å². The number of fused-ring (bicyclic) bond motifs is 1. The SMILES string of the molecule is COc1cc2nc(CN3CCOCC3)n(CC(=O)N(C)Cc3cccc(F)c3)c(=O)c2cc1OC. The van der Waals surface area contributed by atoms with Gasteiger partial charge in [-0.1, -0.05) is 12.1 Å². The summed E-state index contributed by atoms with van der Waals surface area (Å²) in [5.74, 6) is 0.689. The average Bonchev–Trinajstić information content (AvgIpc) is 2.86. The fourth-order valence-corrected chi connectivity index (χ4v) is 4.09. The van der Waals surface area contributed by atoms with Crippen molar-refractivity contribution in [3.63, 3.8) is 0 Å². The second kappa shape index (κ2) is 10.8. The van der Waals surface area contributed by atoms with Crippen LogP contribution in [0.1, 0.15) is 11.4 Å². The molecule has 2 aromatic carbocycles. The Labute approximate surface area is 202 Å². The second-order valence-corrected chi connectivity index (χ2v) is 8.41. The van der Waals surface area contributed by atoms with Crippen LogP contribution in [-0.2, 0) is 29.2 Å². The molecule has 1 saturated heterocycles. The average molecular weight is 485 g/mol. The molecule has 9 nitrogen and oxygen atoms in total. The molecule has 186 valence electrons. The summed E-state index contributed by atoms with van der Waals surface area (Å²) in [6.45, 7) is 3.01. The van der Waals surface area contributed by atoms with Crippen molar-refractivity contribution >= 4 is 16.8 Å². The summed E-state index contributed by atoms with van der Waals surface area (Å²) in [4.78, 5) is 35.1. The van der Waals surface area contributed by atoms with Crippen molar-refractivity contribution in [2.45, 2.75) is 19.6 Å². The summed E-state index contributed by atoms with van der Waals surface area (Å²) >= 11 is 0. The third-order valence-corrected chi connectivity index (χ3v) is 6.04. The van der Waals surface area contributed by atoms with Crippen LogP contribution in [-0.4, -0.2) is 72.8 Å². The molecule has 1 aromatic heterocycles. The molecule has 4 rings (SSSR count). The Kier molecular flexibility index (Phi) is 7.62. The first-order valence-electron chi connectivity index (χ1n) is 11.3. The maximum absolute atomic E-state index is 13.6. The van der Waals surface area contributed by atoms with E-state index in [0.717, 1.165) is 0 Å². The molecular weight excluding hydrogens is 455 g/mol. The zero-order valence-electron chi connectivity index (χ0n) is 20.1. The molecule has 1 aliphatic rings. The van der Waals surface area contributed by atoms with Crippen molar-refractivity contribution < 1.29 is 23.4 Å². The number of rotatable bonds is 8. The molecule has 0 saturated carbocycles. The van der Waals surface area contributed by atoms with E-state index >= 15 is 0 Å². The Morgan fingerprint density at radius 3 is 2.54 bits per heavy atom. The van der Waals surface area contributed by atoms with E-state index in [1.54, 1.807) is 31.3 Å². The maximum Gasteiger partial charge on any atom is 0.262 e. The molecule has 3 aromatic rings. The first kappa shape index (κ1) is 24.6. The van der Waals surface area contributed by atoms with Crippen LogP contribution in [0.25, 0.3) is 10.9 Å². The number of benzene rings is 2. The lowest BCUT2D eigenvalue weighted by atomic mass is 10.2. The number of carbonyl (C=O) groups excluding carboxylic acids is 1. The van der Waals surface area contributed by atoms with Gasteiger partial charge < -0.3 is 19.1 Å². The normalized spacial score (nSPS) is 14.2. The van der Waals surface area contributed by atoms with Gasteiger partial charge in [-0.25, -0.2) is 9.37 Å². The number of methoxy groups -OCH3 is 2. The van der Waals surface area contributed by atoms with Gasteiger partial charge >= 0.3 is 0 Å².